The Hall–Kier alpha value is -1.46. The van der Waals surface area contributed by atoms with E-state index in [1.807, 2.05) is 37.3 Å². The highest BCUT2D eigenvalue weighted by atomic mass is 32.1. The molecule has 0 radical (unpaired) electrons. The zero-order valence-electron chi connectivity index (χ0n) is 12.2. The summed E-state index contributed by atoms with van der Waals surface area (Å²) in [6.07, 6.45) is 4.54. The molecule has 0 aromatic heterocycles. The van der Waals surface area contributed by atoms with E-state index in [2.05, 4.69) is 16.0 Å². The summed E-state index contributed by atoms with van der Waals surface area (Å²) >= 11 is 5.51. The zero-order valence-corrected chi connectivity index (χ0v) is 13.0. The number of para-hydroxylation sites is 1. The second kappa shape index (κ2) is 5.73. The number of hydrogen-bond donors (Lipinski definition) is 3. The summed E-state index contributed by atoms with van der Waals surface area (Å²) in [6.45, 7) is 1.87. The van der Waals surface area contributed by atoms with Crippen LogP contribution in [0.5, 0.6) is 0 Å². The smallest absolute Gasteiger partial charge is 0.247 e. The minimum atomic E-state index is -0.844. The maximum Gasteiger partial charge on any atom is 0.247 e. The van der Waals surface area contributed by atoms with Crippen molar-refractivity contribution in [2.45, 2.75) is 50.2 Å². The van der Waals surface area contributed by atoms with E-state index in [-0.39, 0.29) is 11.9 Å². The quantitative estimate of drug-likeness (QED) is 0.733. The lowest BCUT2D eigenvalue weighted by atomic mass is 9.84. The van der Waals surface area contributed by atoms with E-state index in [0.717, 1.165) is 18.5 Å². The standard InChI is InChI=1S/C16H21N3OS/c1-16(15(21)17-11-7-3-2-4-8-11)14(20)18-12-9-5-6-10-13(12)19-16/h2-4,7-8,12-13,19H,5-6,9-10H2,1H3,(H,17,21)(H,18,20)/t12-,13-,16?/m1/s1. The largest absolute Gasteiger partial charge is 0.350 e. The molecule has 1 saturated carbocycles. The van der Waals surface area contributed by atoms with Crippen LogP contribution < -0.4 is 16.0 Å². The average molecular weight is 303 g/mol. The van der Waals surface area contributed by atoms with Crippen LogP contribution in [0.2, 0.25) is 0 Å². The Morgan fingerprint density at radius 1 is 1.24 bits per heavy atom. The van der Waals surface area contributed by atoms with E-state index < -0.39 is 5.54 Å². The number of hydrogen-bond acceptors (Lipinski definition) is 3. The van der Waals surface area contributed by atoms with Gasteiger partial charge in [0.05, 0.1) is 0 Å². The van der Waals surface area contributed by atoms with Gasteiger partial charge in [-0.25, -0.2) is 0 Å². The second-order valence-electron chi connectivity index (χ2n) is 6.06. The van der Waals surface area contributed by atoms with Crippen molar-refractivity contribution in [2.24, 2.45) is 0 Å². The number of nitrogens with one attached hydrogen (secondary N) is 3. The molecule has 3 rings (SSSR count). The lowest BCUT2D eigenvalue weighted by molar-refractivity contribution is -0.128. The van der Waals surface area contributed by atoms with E-state index in [1.54, 1.807) is 0 Å². The first-order valence-electron chi connectivity index (χ1n) is 7.55. The Morgan fingerprint density at radius 2 is 1.90 bits per heavy atom. The summed E-state index contributed by atoms with van der Waals surface area (Å²) in [5, 5.41) is 9.82. The van der Waals surface area contributed by atoms with Crippen LogP contribution in [0.1, 0.15) is 32.6 Å². The normalized spacial score (nSPS) is 32.0. The van der Waals surface area contributed by atoms with E-state index in [1.165, 1.54) is 12.8 Å². The average Bonchev–Trinajstić information content (AvgIpc) is 2.49. The first kappa shape index (κ1) is 14.5. The van der Waals surface area contributed by atoms with Crippen LogP contribution in [0.15, 0.2) is 30.3 Å². The van der Waals surface area contributed by atoms with Crippen LogP contribution >= 0.6 is 12.2 Å². The third-order valence-corrected chi connectivity index (χ3v) is 5.01. The van der Waals surface area contributed by atoms with Gasteiger partial charge in [0.25, 0.3) is 0 Å². The number of amides is 1. The molecule has 21 heavy (non-hydrogen) atoms. The maximum absolute atomic E-state index is 12.5. The Kier molecular flexibility index (Phi) is 3.95. The number of rotatable bonds is 2. The minimum absolute atomic E-state index is 0.0286. The number of carbonyl (C=O) groups excluding carboxylic acids is 1. The molecular weight excluding hydrogens is 282 g/mol. The topological polar surface area (TPSA) is 53.2 Å². The highest BCUT2D eigenvalue weighted by Gasteiger charge is 2.46. The van der Waals surface area contributed by atoms with Gasteiger partial charge in [-0.05, 0) is 31.9 Å². The predicted octanol–water partition coefficient (Wildman–Crippen LogP) is 2.22. The molecule has 0 bridgehead atoms. The van der Waals surface area contributed by atoms with Gasteiger partial charge in [0.1, 0.15) is 10.5 Å². The monoisotopic (exact) mass is 303 g/mol. The van der Waals surface area contributed by atoms with Gasteiger partial charge in [-0.3, -0.25) is 10.1 Å². The number of anilines is 1. The Bertz CT molecular complexity index is 548. The van der Waals surface area contributed by atoms with Crippen molar-refractivity contribution in [1.82, 2.24) is 10.6 Å². The van der Waals surface area contributed by atoms with Gasteiger partial charge in [-0.15, -0.1) is 0 Å². The van der Waals surface area contributed by atoms with E-state index in [0.29, 0.717) is 11.0 Å². The lowest BCUT2D eigenvalue weighted by Crippen LogP contribution is -2.73. The van der Waals surface area contributed by atoms with Gasteiger partial charge in [-0.2, -0.15) is 0 Å². The fraction of sp³-hybridized carbons (Fsp3) is 0.500. The lowest BCUT2D eigenvalue weighted by Gasteiger charge is -2.45. The van der Waals surface area contributed by atoms with Gasteiger partial charge in [-0.1, -0.05) is 43.3 Å². The maximum atomic E-state index is 12.5. The number of carbonyl (C=O) groups is 1. The molecule has 5 heteroatoms. The SMILES string of the molecule is CC1(C(=S)Nc2ccccc2)N[C@@H]2CCCC[C@H]2NC1=O. The molecule has 1 aromatic rings. The molecular formula is C16H21N3OS. The fourth-order valence-electron chi connectivity index (χ4n) is 3.17. The zero-order chi connectivity index (χ0) is 14.9. The van der Waals surface area contributed by atoms with Gasteiger partial charge in [0, 0.05) is 17.8 Å². The number of piperazine rings is 1. The molecule has 3 atom stereocenters. The fourth-order valence-corrected chi connectivity index (χ4v) is 3.44. The summed E-state index contributed by atoms with van der Waals surface area (Å²) in [5.74, 6) is -0.0286. The van der Waals surface area contributed by atoms with Gasteiger partial charge >= 0.3 is 0 Å². The van der Waals surface area contributed by atoms with Crippen molar-refractivity contribution < 1.29 is 4.79 Å². The minimum Gasteiger partial charge on any atom is -0.350 e. The van der Waals surface area contributed by atoms with Crippen molar-refractivity contribution in [3.63, 3.8) is 0 Å². The highest BCUT2D eigenvalue weighted by molar-refractivity contribution is 7.80. The number of benzene rings is 1. The van der Waals surface area contributed by atoms with Gasteiger partial charge in [0.15, 0.2) is 0 Å². The molecule has 2 aliphatic rings. The summed E-state index contributed by atoms with van der Waals surface area (Å²) < 4.78 is 0. The molecule has 1 saturated heterocycles. The molecule has 1 aliphatic heterocycles. The second-order valence-corrected chi connectivity index (χ2v) is 6.47. The van der Waals surface area contributed by atoms with Crippen molar-refractivity contribution in [3.05, 3.63) is 30.3 Å². The van der Waals surface area contributed by atoms with E-state index in [9.17, 15) is 4.79 Å². The number of thiocarbonyl (C=S) groups is 1. The summed E-state index contributed by atoms with van der Waals surface area (Å²) in [7, 11) is 0. The van der Waals surface area contributed by atoms with Gasteiger partial charge in [0.2, 0.25) is 5.91 Å². The van der Waals surface area contributed by atoms with Crippen molar-refractivity contribution in [3.8, 4) is 0 Å². The summed E-state index contributed by atoms with van der Waals surface area (Å²) in [4.78, 5) is 13.0. The summed E-state index contributed by atoms with van der Waals surface area (Å²) in [5.41, 5.74) is 0.0630. The van der Waals surface area contributed by atoms with E-state index >= 15 is 0 Å². The molecule has 1 aromatic carbocycles. The Balaban J connectivity index is 1.75. The molecule has 112 valence electrons. The third kappa shape index (κ3) is 2.80. The number of fused-ring (bicyclic) bond motifs is 1. The highest BCUT2D eigenvalue weighted by Crippen LogP contribution is 2.26. The van der Waals surface area contributed by atoms with Crippen LogP contribution in [0.4, 0.5) is 5.69 Å². The first-order valence-corrected chi connectivity index (χ1v) is 7.95. The van der Waals surface area contributed by atoms with Crippen LogP contribution in [0.3, 0.4) is 0 Å². The summed E-state index contributed by atoms with van der Waals surface area (Å²) in [6, 6.07) is 10.3. The molecule has 1 amide bonds. The van der Waals surface area contributed by atoms with Crippen LogP contribution in [0, 0.1) is 0 Å². The molecule has 1 heterocycles. The van der Waals surface area contributed by atoms with Crippen LogP contribution in [-0.4, -0.2) is 28.5 Å². The van der Waals surface area contributed by atoms with Crippen molar-refractivity contribution >= 4 is 28.8 Å². The Morgan fingerprint density at radius 3 is 2.62 bits per heavy atom. The molecule has 1 unspecified atom stereocenters. The third-order valence-electron chi connectivity index (χ3n) is 4.50. The Labute approximate surface area is 130 Å². The van der Waals surface area contributed by atoms with Crippen LogP contribution in [0.25, 0.3) is 0 Å². The molecule has 0 spiro atoms. The van der Waals surface area contributed by atoms with Gasteiger partial charge < -0.3 is 10.6 Å². The van der Waals surface area contributed by atoms with Crippen LogP contribution in [-0.2, 0) is 4.79 Å². The molecule has 1 aliphatic carbocycles. The van der Waals surface area contributed by atoms with Crippen molar-refractivity contribution in [2.75, 3.05) is 5.32 Å². The first-order chi connectivity index (χ1) is 10.1. The van der Waals surface area contributed by atoms with E-state index in [4.69, 9.17) is 12.2 Å². The molecule has 3 N–H and O–H groups in total. The molecule has 4 nitrogen and oxygen atoms in total. The molecule has 2 fully saturated rings. The van der Waals surface area contributed by atoms with Crippen molar-refractivity contribution in [1.29, 1.82) is 0 Å². The predicted molar refractivity (Wildman–Crippen MR) is 88.4 cm³/mol.